The highest BCUT2D eigenvalue weighted by atomic mass is 19.2. The van der Waals surface area contributed by atoms with E-state index < -0.39 is 23.3 Å². The van der Waals surface area contributed by atoms with Crippen LogP contribution in [0.4, 0.5) is 17.6 Å². The maximum Gasteiger partial charge on any atom is 0.194 e. The largest absolute Gasteiger partial charge is 0.206 e. The van der Waals surface area contributed by atoms with Crippen LogP contribution in [0.15, 0.2) is 42.5 Å². The summed E-state index contributed by atoms with van der Waals surface area (Å²) in [6.45, 7) is 2.13. The van der Waals surface area contributed by atoms with Gasteiger partial charge in [0.15, 0.2) is 17.5 Å². The summed E-state index contributed by atoms with van der Waals surface area (Å²) in [7, 11) is 0. The maximum absolute atomic E-state index is 15.2. The first-order valence-corrected chi connectivity index (χ1v) is 9.08. The number of hydrogen-bond acceptors (Lipinski definition) is 0. The zero-order valence-corrected chi connectivity index (χ0v) is 14.9. The Hall–Kier alpha value is -2.62. The minimum Gasteiger partial charge on any atom is -0.206 e. The molecule has 4 rings (SSSR count). The standard InChI is InChI=1S/C23H18F4/c1-2-3-13-4-6-16-14(10-13)5-7-19-18(16)9-8-17(22(19)26)15-11-20(24)23(27)21(25)12-15/h4,6,8-12H,2-3,5,7H2,1H3. The molecule has 0 saturated carbocycles. The molecule has 3 aromatic rings. The van der Waals surface area contributed by atoms with Gasteiger partial charge in [-0.1, -0.05) is 43.7 Å². The van der Waals surface area contributed by atoms with E-state index in [0.717, 1.165) is 36.1 Å². The summed E-state index contributed by atoms with van der Waals surface area (Å²) in [6, 6.07) is 11.2. The fourth-order valence-electron chi connectivity index (χ4n) is 3.87. The van der Waals surface area contributed by atoms with Crippen molar-refractivity contribution in [3.05, 3.63) is 82.4 Å². The predicted octanol–water partition coefficient (Wildman–Crippen LogP) is 6.63. The van der Waals surface area contributed by atoms with Gasteiger partial charge < -0.3 is 0 Å². The molecule has 0 spiro atoms. The number of hydrogen-bond donors (Lipinski definition) is 0. The number of benzene rings is 3. The van der Waals surface area contributed by atoms with Crippen molar-refractivity contribution in [3.8, 4) is 22.3 Å². The third kappa shape index (κ3) is 3.03. The van der Waals surface area contributed by atoms with Crippen LogP contribution in [0.25, 0.3) is 22.3 Å². The molecule has 0 N–H and O–H groups in total. The quantitative estimate of drug-likeness (QED) is 0.359. The number of halogens is 4. The normalized spacial score (nSPS) is 12.6. The molecular formula is C23H18F4. The number of fused-ring (bicyclic) bond motifs is 3. The molecule has 0 nitrogen and oxygen atoms in total. The van der Waals surface area contributed by atoms with E-state index in [-0.39, 0.29) is 11.1 Å². The summed E-state index contributed by atoms with van der Waals surface area (Å²) in [4.78, 5) is 0. The van der Waals surface area contributed by atoms with Crippen molar-refractivity contribution in [2.24, 2.45) is 0 Å². The molecule has 1 aliphatic rings. The Balaban J connectivity index is 1.81. The molecule has 1 aliphatic carbocycles. The van der Waals surface area contributed by atoms with Crippen LogP contribution in [0.5, 0.6) is 0 Å². The molecule has 0 aromatic heterocycles. The van der Waals surface area contributed by atoms with Gasteiger partial charge in [-0.25, -0.2) is 17.6 Å². The van der Waals surface area contributed by atoms with Gasteiger partial charge in [0.05, 0.1) is 0 Å². The number of aryl methyl sites for hydroxylation is 2. The molecule has 138 valence electrons. The molecule has 0 amide bonds. The van der Waals surface area contributed by atoms with Gasteiger partial charge >= 0.3 is 0 Å². The summed E-state index contributed by atoms with van der Waals surface area (Å²) < 4.78 is 55.5. The fourth-order valence-corrected chi connectivity index (χ4v) is 3.87. The Kier molecular flexibility index (Phi) is 4.50. The van der Waals surface area contributed by atoms with E-state index in [4.69, 9.17) is 0 Å². The second-order valence-corrected chi connectivity index (χ2v) is 6.95. The second kappa shape index (κ2) is 6.84. The van der Waals surface area contributed by atoms with Gasteiger partial charge in [0.1, 0.15) is 5.82 Å². The first-order valence-electron chi connectivity index (χ1n) is 9.08. The second-order valence-electron chi connectivity index (χ2n) is 6.95. The highest BCUT2D eigenvalue weighted by Crippen LogP contribution is 2.39. The molecule has 3 aromatic carbocycles. The summed E-state index contributed by atoms with van der Waals surface area (Å²) in [5.41, 5.74) is 4.89. The highest BCUT2D eigenvalue weighted by Gasteiger charge is 2.23. The summed E-state index contributed by atoms with van der Waals surface area (Å²) in [5.74, 6) is -4.69. The lowest BCUT2D eigenvalue weighted by atomic mass is 9.82. The lowest BCUT2D eigenvalue weighted by Crippen LogP contribution is -2.08. The van der Waals surface area contributed by atoms with Gasteiger partial charge in [0.25, 0.3) is 0 Å². The Labute approximate surface area is 155 Å². The van der Waals surface area contributed by atoms with Crippen molar-refractivity contribution in [1.29, 1.82) is 0 Å². The zero-order valence-electron chi connectivity index (χ0n) is 14.9. The van der Waals surface area contributed by atoms with Gasteiger partial charge in [-0.15, -0.1) is 0 Å². The first-order chi connectivity index (χ1) is 13.0. The van der Waals surface area contributed by atoms with Crippen molar-refractivity contribution < 1.29 is 17.6 Å². The molecule has 0 unspecified atom stereocenters. The molecule has 0 heterocycles. The van der Waals surface area contributed by atoms with Crippen molar-refractivity contribution in [3.63, 3.8) is 0 Å². The van der Waals surface area contributed by atoms with Crippen LogP contribution < -0.4 is 0 Å². The third-order valence-corrected chi connectivity index (χ3v) is 5.18. The van der Waals surface area contributed by atoms with Crippen LogP contribution >= 0.6 is 0 Å². The molecule has 0 fully saturated rings. The van der Waals surface area contributed by atoms with Gasteiger partial charge in [-0.3, -0.25) is 0 Å². The topological polar surface area (TPSA) is 0 Å². The van der Waals surface area contributed by atoms with E-state index in [1.165, 1.54) is 17.2 Å². The molecule has 27 heavy (non-hydrogen) atoms. The summed E-state index contributed by atoms with van der Waals surface area (Å²) in [5, 5.41) is 0. The van der Waals surface area contributed by atoms with E-state index in [2.05, 4.69) is 19.1 Å². The molecule has 0 saturated heterocycles. The summed E-state index contributed by atoms with van der Waals surface area (Å²) >= 11 is 0. The monoisotopic (exact) mass is 370 g/mol. The summed E-state index contributed by atoms with van der Waals surface area (Å²) in [6.07, 6.45) is 3.31. The first kappa shape index (κ1) is 17.8. The van der Waals surface area contributed by atoms with Crippen LogP contribution in [-0.4, -0.2) is 0 Å². The van der Waals surface area contributed by atoms with E-state index in [9.17, 15) is 13.2 Å². The van der Waals surface area contributed by atoms with Crippen molar-refractivity contribution >= 4 is 0 Å². The van der Waals surface area contributed by atoms with Crippen molar-refractivity contribution in [2.45, 2.75) is 32.6 Å². The molecule has 0 radical (unpaired) electrons. The smallest absolute Gasteiger partial charge is 0.194 e. The molecule has 0 aliphatic heterocycles. The molecule has 4 heteroatoms. The average Bonchev–Trinajstić information content (AvgIpc) is 2.66. The van der Waals surface area contributed by atoms with Crippen molar-refractivity contribution in [2.75, 3.05) is 0 Å². The van der Waals surface area contributed by atoms with Gasteiger partial charge in [-0.2, -0.15) is 0 Å². The minimum atomic E-state index is -1.55. The van der Waals surface area contributed by atoms with Crippen LogP contribution in [0, 0.1) is 23.3 Å². The van der Waals surface area contributed by atoms with Crippen LogP contribution in [0.2, 0.25) is 0 Å². The zero-order chi connectivity index (χ0) is 19.1. The van der Waals surface area contributed by atoms with E-state index in [1.807, 2.05) is 6.07 Å². The average molecular weight is 370 g/mol. The Morgan fingerprint density at radius 2 is 1.41 bits per heavy atom. The SMILES string of the molecule is CCCc1ccc2c(c1)CCc1c-2ccc(-c2cc(F)c(F)c(F)c2)c1F. The van der Waals surface area contributed by atoms with Gasteiger partial charge in [0.2, 0.25) is 0 Å². The van der Waals surface area contributed by atoms with Crippen LogP contribution in [-0.2, 0) is 19.3 Å². The van der Waals surface area contributed by atoms with E-state index >= 15 is 4.39 Å². The maximum atomic E-state index is 15.2. The molecule has 0 atom stereocenters. The Bertz CT molecular complexity index is 1010. The van der Waals surface area contributed by atoms with Crippen LogP contribution in [0.1, 0.15) is 30.0 Å². The Morgan fingerprint density at radius 3 is 2.11 bits per heavy atom. The lowest BCUT2D eigenvalue weighted by Gasteiger charge is -2.22. The van der Waals surface area contributed by atoms with E-state index in [1.54, 1.807) is 6.07 Å². The fraction of sp³-hybridized carbons (Fsp3) is 0.217. The highest BCUT2D eigenvalue weighted by molar-refractivity contribution is 5.78. The number of rotatable bonds is 3. The lowest BCUT2D eigenvalue weighted by molar-refractivity contribution is 0.447. The molecule has 0 bridgehead atoms. The van der Waals surface area contributed by atoms with E-state index in [0.29, 0.717) is 18.4 Å². The van der Waals surface area contributed by atoms with Gasteiger partial charge in [0, 0.05) is 5.56 Å². The third-order valence-electron chi connectivity index (χ3n) is 5.18. The Morgan fingerprint density at radius 1 is 0.741 bits per heavy atom. The molecular weight excluding hydrogens is 352 g/mol. The van der Waals surface area contributed by atoms with Gasteiger partial charge in [-0.05, 0) is 64.8 Å². The van der Waals surface area contributed by atoms with Crippen molar-refractivity contribution in [1.82, 2.24) is 0 Å². The predicted molar refractivity (Wildman–Crippen MR) is 98.5 cm³/mol. The minimum absolute atomic E-state index is 0.00390. The van der Waals surface area contributed by atoms with Crippen LogP contribution in [0.3, 0.4) is 0 Å².